The van der Waals surface area contributed by atoms with E-state index in [0.29, 0.717) is 28.2 Å². The van der Waals surface area contributed by atoms with Gasteiger partial charge in [0, 0.05) is 11.1 Å². The van der Waals surface area contributed by atoms with Gasteiger partial charge in [-0.15, -0.1) is 0 Å². The van der Waals surface area contributed by atoms with Crippen molar-refractivity contribution < 1.29 is 19.4 Å². The number of aliphatic hydroxyl groups is 1. The normalized spacial score (nSPS) is 12.0. The molecule has 1 N–H and O–H groups in total. The lowest BCUT2D eigenvalue weighted by molar-refractivity contribution is 0.0593. The summed E-state index contributed by atoms with van der Waals surface area (Å²) in [7, 11) is 2.88. The number of hydrogen-bond acceptors (Lipinski definition) is 6. The molecular weight excluding hydrogens is 370 g/mol. The van der Waals surface area contributed by atoms with Gasteiger partial charge in [-0.05, 0) is 24.3 Å². The minimum Gasteiger partial charge on any atom is -0.495 e. The second-order valence-corrected chi connectivity index (χ2v) is 6.37. The zero-order chi connectivity index (χ0) is 20.4. The molecule has 7 nitrogen and oxygen atoms in total. The number of fused-ring (bicyclic) bond motifs is 1. The topological polar surface area (TPSA) is 86.0 Å². The van der Waals surface area contributed by atoms with Crippen molar-refractivity contribution in [2.24, 2.45) is 0 Å². The van der Waals surface area contributed by atoms with Crippen molar-refractivity contribution in [3.05, 3.63) is 83.8 Å². The molecule has 4 rings (SSSR count). The van der Waals surface area contributed by atoms with Crippen LogP contribution in [0.5, 0.6) is 5.75 Å². The molecule has 0 saturated carbocycles. The van der Waals surface area contributed by atoms with E-state index in [2.05, 4.69) is 10.1 Å². The highest BCUT2D eigenvalue weighted by Gasteiger charge is 2.24. The van der Waals surface area contributed by atoms with Crippen molar-refractivity contribution >= 4 is 11.5 Å². The fourth-order valence-corrected chi connectivity index (χ4v) is 3.22. The van der Waals surface area contributed by atoms with E-state index in [1.165, 1.54) is 7.11 Å². The molecule has 0 aliphatic rings. The first-order valence-electron chi connectivity index (χ1n) is 8.97. The van der Waals surface area contributed by atoms with E-state index in [9.17, 15) is 9.90 Å². The molecule has 0 spiro atoms. The molecule has 0 fully saturated rings. The van der Waals surface area contributed by atoms with Gasteiger partial charge in [0.2, 0.25) is 0 Å². The van der Waals surface area contributed by atoms with Crippen LogP contribution in [0.2, 0.25) is 0 Å². The molecular formula is C22H19N3O4. The summed E-state index contributed by atoms with van der Waals surface area (Å²) in [4.78, 5) is 16.1. The molecule has 0 aliphatic carbocycles. The molecule has 146 valence electrons. The van der Waals surface area contributed by atoms with E-state index in [0.717, 1.165) is 5.56 Å². The van der Waals surface area contributed by atoms with Crippen LogP contribution in [0.15, 0.2) is 66.9 Å². The Hall–Kier alpha value is -3.71. The third-order valence-electron chi connectivity index (χ3n) is 4.64. The Morgan fingerprint density at radius 1 is 1.03 bits per heavy atom. The highest BCUT2D eigenvalue weighted by Crippen LogP contribution is 2.34. The van der Waals surface area contributed by atoms with Gasteiger partial charge in [-0.25, -0.2) is 14.3 Å². The Balaban J connectivity index is 1.91. The summed E-state index contributed by atoms with van der Waals surface area (Å²) in [6.45, 7) is 0. The van der Waals surface area contributed by atoms with Crippen molar-refractivity contribution in [3.63, 3.8) is 0 Å². The van der Waals surface area contributed by atoms with E-state index in [-0.39, 0.29) is 5.69 Å². The molecule has 0 amide bonds. The van der Waals surface area contributed by atoms with Crippen LogP contribution in [0.4, 0.5) is 0 Å². The van der Waals surface area contributed by atoms with Gasteiger partial charge >= 0.3 is 5.97 Å². The number of rotatable bonds is 5. The van der Waals surface area contributed by atoms with Crippen molar-refractivity contribution in [1.29, 1.82) is 0 Å². The maximum atomic E-state index is 11.8. The highest BCUT2D eigenvalue weighted by molar-refractivity contribution is 5.87. The lowest BCUT2D eigenvalue weighted by atomic mass is 9.99. The molecule has 0 radical (unpaired) electrons. The fraction of sp³-hybridized carbons (Fsp3) is 0.136. The van der Waals surface area contributed by atoms with Gasteiger partial charge in [0.25, 0.3) is 0 Å². The summed E-state index contributed by atoms with van der Waals surface area (Å²) < 4.78 is 11.7. The molecule has 0 bridgehead atoms. The monoisotopic (exact) mass is 389 g/mol. The van der Waals surface area contributed by atoms with Crippen LogP contribution >= 0.6 is 0 Å². The van der Waals surface area contributed by atoms with Crippen molar-refractivity contribution in [1.82, 2.24) is 14.6 Å². The predicted octanol–water partition coefficient (Wildman–Crippen LogP) is 3.27. The van der Waals surface area contributed by atoms with Crippen molar-refractivity contribution in [2.75, 3.05) is 14.2 Å². The average Bonchev–Trinajstić information content (AvgIpc) is 3.17. The van der Waals surface area contributed by atoms with Crippen LogP contribution in [0.1, 0.15) is 27.8 Å². The van der Waals surface area contributed by atoms with E-state index in [1.807, 2.05) is 36.4 Å². The number of benzene rings is 1. The minimum absolute atomic E-state index is 0.128. The standard InChI is InChI=1S/C22H19N3O4/c1-28-15-11-12-18-19(20(24-25(18)13-15)14-7-4-3-5-8-14)21(26)16-9-6-10-17(23-16)22(27)29-2/h3-13,21,26H,1-2H3. The Bertz CT molecular complexity index is 1170. The quantitative estimate of drug-likeness (QED) is 0.527. The third-order valence-corrected chi connectivity index (χ3v) is 4.64. The van der Waals surface area contributed by atoms with Crippen LogP contribution in [-0.2, 0) is 4.74 Å². The first-order valence-corrected chi connectivity index (χ1v) is 8.97. The second-order valence-electron chi connectivity index (χ2n) is 6.37. The van der Waals surface area contributed by atoms with Gasteiger partial charge in [-0.2, -0.15) is 5.10 Å². The van der Waals surface area contributed by atoms with Gasteiger partial charge in [-0.3, -0.25) is 0 Å². The number of carbonyl (C=O) groups is 1. The smallest absolute Gasteiger partial charge is 0.356 e. The molecule has 1 unspecified atom stereocenters. The number of aromatic nitrogens is 3. The first-order chi connectivity index (χ1) is 14.1. The largest absolute Gasteiger partial charge is 0.495 e. The predicted molar refractivity (Wildman–Crippen MR) is 107 cm³/mol. The van der Waals surface area contributed by atoms with Crippen LogP contribution in [0, 0.1) is 0 Å². The molecule has 4 aromatic rings. The lowest BCUT2D eigenvalue weighted by Gasteiger charge is -2.12. The lowest BCUT2D eigenvalue weighted by Crippen LogP contribution is -2.09. The maximum Gasteiger partial charge on any atom is 0.356 e. The minimum atomic E-state index is -1.10. The van der Waals surface area contributed by atoms with Crippen LogP contribution in [0.3, 0.4) is 0 Å². The number of esters is 1. The maximum absolute atomic E-state index is 11.8. The zero-order valence-electron chi connectivity index (χ0n) is 15.9. The molecule has 7 heteroatoms. The third kappa shape index (κ3) is 3.43. The summed E-state index contributed by atoms with van der Waals surface area (Å²) in [6, 6.07) is 18.1. The fourth-order valence-electron chi connectivity index (χ4n) is 3.22. The number of hydrogen-bond donors (Lipinski definition) is 1. The number of ether oxygens (including phenoxy) is 2. The van der Waals surface area contributed by atoms with E-state index >= 15 is 0 Å². The SMILES string of the molecule is COC(=O)c1cccc(C(O)c2c(-c3ccccc3)nn3cc(OC)ccc23)n1. The Labute approximate surface area is 167 Å². The highest BCUT2D eigenvalue weighted by atomic mass is 16.5. The zero-order valence-corrected chi connectivity index (χ0v) is 15.9. The number of carbonyl (C=O) groups excluding carboxylic acids is 1. The van der Waals surface area contributed by atoms with Gasteiger partial charge in [0.1, 0.15) is 17.5 Å². The molecule has 1 atom stereocenters. The molecule has 3 aromatic heterocycles. The van der Waals surface area contributed by atoms with Crippen molar-refractivity contribution in [3.8, 4) is 17.0 Å². The van der Waals surface area contributed by atoms with E-state index < -0.39 is 12.1 Å². The summed E-state index contributed by atoms with van der Waals surface area (Å²) in [5, 5.41) is 15.9. The van der Waals surface area contributed by atoms with Gasteiger partial charge in [0.05, 0.1) is 37.3 Å². The van der Waals surface area contributed by atoms with Gasteiger partial charge in [-0.1, -0.05) is 36.4 Å². The van der Waals surface area contributed by atoms with Crippen LogP contribution < -0.4 is 4.74 Å². The summed E-state index contributed by atoms with van der Waals surface area (Å²) in [5.41, 5.74) is 3.24. The second kappa shape index (κ2) is 7.73. The Kier molecular flexibility index (Phi) is 4.97. The number of methoxy groups -OCH3 is 2. The summed E-state index contributed by atoms with van der Waals surface area (Å²) in [6.07, 6.45) is 0.650. The van der Waals surface area contributed by atoms with Gasteiger partial charge in [0.15, 0.2) is 0 Å². The summed E-state index contributed by atoms with van der Waals surface area (Å²) in [5.74, 6) is 0.0819. The van der Waals surface area contributed by atoms with Crippen LogP contribution in [0.25, 0.3) is 16.8 Å². The molecule has 3 heterocycles. The molecule has 1 aromatic carbocycles. The van der Waals surface area contributed by atoms with E-state index in [1.54, 1.807) is 42.1 Å². The van der Waals surface area contributed by atoms with Gasteiger partial charge < -0.3 is 14.6 Å². The van der Waals surface area contributed by atoms with E-state index in [4.69, 9.17) is 9.47 Å². The molecule has 29 heavy (non-hydrogen) atoms. The number of aliphatic hydroxyl groups excluding tert-OH is 1. The Morgan fingerprint density at radius 3 is 2.55 bits per heavy atom. The summed E-state index contributed by atoms with van der Waals surface area (Å²) >= 11 is 0. The Morgan fingerprint density at radius 2 is 1.83 bits per heavy atom. The number of pyridine rings is 2. The van der Waals surface area contributed by atoms with Crippen LogP contribution in [-0.4, -0.2) is 39.9 Å². The van der Waals surface area contributed by atoms with Crippen molar-refractivity contribution in [2.45, 2.75) is 6.10 Å². The first kappa shape index (κ1) is 18.6. The molecule has 0 aliphatic heterocycles. The number of nitrogens with zero attached hydrogens (tertiary/aromatic N) is 3. The molecule has 0 saturated heterocycles. The average molecular weight is 389 g/mol.